The number of benzene rings is 1. The minimum atomic E-state index is -0.773. The molecule has 0 aromatic heterocycles. The highest BCUT2D eigenvalue weighted by Gasteiger charge is 2.48. The molecule has 0 amide bonds. The van der Waals surface area contributed by atoms with Crippen LogP contribution in [0.2, 0.25) is 5.02 Å². The summed E-state index contributed by atoms with van der Waals surface area (Å²) in [5, 5.41) is 0.675. The summed E-state index contributed by atoms with van der Waals surface area (Å²) in [6.45, 7) is 5.64. The number of hydrogen-bond acceptors (Lipinski definition) is 4. The first kappa shape index (κ1) is 16.2. The van der Waals surface area contributed by atoms with E-state index >= 15 is 0 Å². The summed E-state index contributed by atoms with van der Waals surface area (Å²) < 4.78 is 16.9. The monoisotopic (exact) mass is 334 g/mol. The zero-order chi connectivity index (χ0) is 16.8. The summed E-state index contributed by atoms with van der Waals surface area (Å²) in [5.74, 6) is -1.17. The van der Waals surface area contributed by atoms with Crippen LogP contribution in [0, 0.1) is 0 Å². The van der Waals surface area contributed by atoms with Gasteiger partial charge >= 0.3 is 5.97 Å². The van der Waals surface area contributed by atoms with Crippen molar-refractivity contribution < 1.29 is 19.0 Å². The van der Waals surface area contributed by atoms with Gasteiger partial charge in [0.2, 0.25) is 0 Å². The van der Waals surface area contributed by atoms with Gasteiger partial charge in [-0.3, -0.25) is 0 Å². The average molecular weight is 335 g/mol. The maximum Gasteiger partial charge on any atom is 0.336 e. The summed E-state index contributed by atoms with van der Waals surface area (Å²) in [7, 11) is 1.37. The first-order valence-corrected chi connectivity index (χ1v) is 7.82. The second-order valence-electron chi connectivity index (χ2n) is 6.17. The number of rotatable bonds is 2. The van der Waals surface area contributed by atoms with Gasteiger partial charge in [0, 0.05) is 5.02 Å². The highest BCUT2D eigenvalue weighted by Crippen LogP contribution is 2.43. The summed E-state index contributed by atoms with van der Waals surface area (Å²) >= 11 is 5.98. The lowest BCUT2D eigenvalue weighted by atomic mass is 9.84. The molecule has 122 valence electrons. The lowest BCUT2D eigenvalue weighted by Gasteiger charge is -2.27. The van der Waals surface area contributed by atoms with Gasteiger partial charge in [-0.2, -0.15) is 0 Å². The number of methoxy groups -OCH3 is 1. The zero-order valence-electron chi connectivity index (χ0n) is 13.6. The van der Waals surface area contributed by atoms with Gasteiger partial charge in [0.05, 0.1) is 12.7 Å². The molecule has 2 atom stereocenters. The molecule has 23 heavy (non-hydrogen) atoms. The fraction of sp³-hybridized carbons (Fsp3) is 0.389. The number of carbonyl (C=O) groups excluding carboxylic acids is 1. The molecule has 4 nitrogen and oxygen atoms in total. The molecule has 0 radical (unpaired) electrons. The van der Waals surface area contributed by atoms with Crippen molar-refractivity contribution in [2.24, 2.45) is 0 Å². The van der Waals surface area contributed by atoms with Crippen LogP contribution in [0.25, 0.3) is 5.57 Å². The Bertz CT molecular complexity index is 700. The van der Waals surface area contributed by atoms with E-state index in [1.807, 2.05) is 51.1 Å². The van der Waals surface area contributed by atoms with Gasteiger partial charge in [-0.05, 0) is 55.7 Å². The van der Waals surface area contributed by atoms with E-state index in [1.54, 1.807) is 0 Å². The van der Waals surface area contributed by atoms with Crippen LogP contribution < -0.4 is 0 Å². The van der Waals surface area contributed by atoms with Gasteiger partial charge in [0.25, 0.3) is 0 Å². The number of hydrogen-bond donors (Lipinski definition) is 0. The Labute approximate surface area is 140 Å². The Hall–Kier alpha value is -1.62. The third-order valence-electron chi connectivity index (χ3n) is 4.06. The molecule has 0 N–H and O–H groups in total. The van der Waals surface area contributed by atoms with E-state index in [1.165, 1.54) is 7.11 Å². The fourth-order valence-electron chi connectivity index (χ4n) is 3.13. The van der Waals surface area contributed by atoms with Gasteiger partial charge in [-0.25, -0.2) is 4.79 Å². The van der Waals surface area contributed by atoms with Crippen LogP contribution in [-0.4, -0.2) is 31.1 Å². The SMILES string of the molecule is COC(=O)C1=CC(C)=C(c2ccc(Cl)cc2)[C@H]2OC(C)(C)O[C@@H]12. The third-order valence-corrected chi connectivity index (χ3v) is 4.31. The highest BCUT2D eigenvalue weighted by atomic mass is 35.5. The van der Waals surface area contributed by atoms with Gasteiger partial charge in [0.15, 0.2) is 5.79 Å². The minimum Gasteiger partial charge on any atom is -0.466 e. The normalized spacial score (nSPS) is 25.9. The topological polar surface area (TPSA) is 44.8 Å². The molecule has 5 heteroatoms. The molecule has 1 aromatic carbocycles. The van der Waals surface area contributed by atoms with Gasteiger partial charge < -0.3 is 14.2 Å². The molecule has 3 rings (SSSR count). The predicted octanol–water partition coefficient (Wildman–Crippen LogP) is 3.75. The van der Waals surface area contributed by atoms with Crippen molar-refractivity contribution in [1.82, 2.24) is 0 Å². The number of ether oxygens (including phenoxy) is 3. The molecule has 0 spiro atoms. The summed E-state index contributed by atoms with van der Waals surface area (Å²) in [5.41, 5.74) is 3.45. The van der Waals surface area contributed by atoms with Crippen molar-refractivity contribution in [2.45, 2.75) is 38.8 Å². The Morgan fingerprint density at radius 2 is 1.78 bits per heavy atom. The van der Waals surface area contributed by atoms with E-state index < -0.39 is 17.9 Å². The van der Waals surface area contributed by atoms with E-state index in [4.69, 9.17) is 25.8 Å². The van der Waals surface area contributed by atoms with Crippen molar-refractivity contribution >= 4 is 23.1 Å². The lowest BCUT2D eigenvalue weighted by molar-refractivity contribution is -0.145. The molecule has 1 aromatic rings. The molecule has 1 aliphatic carbocycles. The maximum absolute atomic E-state index is 12.1. The van der Waals surface area contributed by atoms with Crippen LogP contribution in [0.15, 0.2) is 41.5 Å². The molecule has 1 heterocycles. The second kappa shape index (κ2) is 5.78. The molecule has 2 aliphatic rings. The van der Waals surface area contributed by atoms with E-state index in [0.717, 1.165) is 16.7 Å². The standard InChI is InChI=1S/C18H19ClO4/c1-10-9-13(17(20)21-4)15-16(23-18(2,3)22-15)14(10)11-5-7-12(19)8-6-11/h5-9,15-16H,1-4H3/t15-,16+/m0/s1. The lowest BCUT2D eigenvalue weighted by Crippen LogP contribution is -2.33. The van der Waals surface area contributed by atoms with Crippen LogP contribution in [0.4, 0.5) is 0 Å². The molecule has 0 saturated carbocycles. The van der Waals surface area contributed by atoms with Crippen molar-refractivity contribution in [2.75, 3.05) is 7.11 Å². The number of esters is 1. The number of allylic oxidation sites excluding steroid dienone is 2. The molecular formula is C18H19ClO4. The van der Waals surface area contributed by atoms with Crippen LogP contribution >= 0.6 is 11.6 Å². The predicted molar refractivity (Wildman–Crippen MR) is 88.0 cm³/mol. The molecule has 1 fully saturated rings. The quantitative estimate of drug-likeness (QED) is 0.773. The molecule has 1 saturated heterocycles. The largest absolute Gasteiger partial charge is 0.466 e. The van der Waals surface area contributed by atoms with Gasteiger partial charge in [-0.1, -0.05) is 23.7 Å². The Kier molecular flexibility index (Phi) is 4.08. The summed E-state index contributed by atoms with van der Waals surface area (Å²) in [6.07, 6.45) is 0.985. The second-order valence-corrected chi connectivity index (χ2v) is 6.61. The third kappa shape index (κ3) is 2.94. The van der Waals surface area contributed by atoms with Crippen LogP contribution in [0.1, 0.15) is 26.3 Å². The average Bonchev–Trinajstić information content (AvgIpc) is 2.82. The number of fused-ring (bicyclic) bond motifs is 1. The van der Waals surface area contributed by atoms with Gasteiger partial charge in [-0.15, -0.1) is 0 Å². The number of carbonyl (C=O) groups is 1. The first-order chi connectivity index (χ1) is 10.8. The molecular weight excluding hydrogens is 316 g/mol. The van der Waals surface area contributed by atoms with Crippen molar-refractivity contribution in [1.29, 1.82) is 0 Å². The Balaban J connectivity index is 2.12. The van der Waals surface area contributed by atoms with Crippen LogP contribution in [0.3, 0.4) is 0 Å². The Morgan fingerprint density at radius 3 is 2.39 bits per heavy atom. The zero-order valence-corrected chi connectivity index (χ0v) is 14.3. The summed E-state index contributed by atoms with van der Waals surface area (Å²) in [4.78, 5) is 12.1. The van der Waals surface area contributed by atoms with Crippen molar-refractivity contribution in [3.63, 3.8) is 0 Å². The summed E-state index contributed by atoms with van der Waals surface area (Å²) in [6, 6.07) is 7.58. The van der Waals surface area contributed by atoms with Gasteiger partial charge in [0.1, 0.15) is 12.2 Å². The molecule has 0 bridgehead atoms. The van der Waals surface area contributed by atoms with E-state index in [0.29, 0.717) is 10.6 Å². The molecule has 1 aliphatic heterocycles. The highest BCUT2D eigenvalue weighted by molar-refractivity contribution is 6.30. The fourth-order valence-corrected chi connectivity index (χ4v) is 3.26. The van der Waals surface area contributed by atoms with E-state index in [-0.39, 0.29) is 6.10 Å². The number of halogens is 1. The van der Waals surface area contributed by atoms with Crippen LogP contribution in [0.5, 0.6) is 0 Å². The first-order valence-electron chi connectivity index (χ1n) is 7.44. The Morgan fingerprint density at radius 1 is 1.17 bits per heavy atom. The van der Waals surface area contributed by atoms with Crippen LogP contribution in [-0.2, 0) is 19.0 Å². The van der Waals surface area contributed by atoms with E-state index in [9.17, 15) is 4.79 Å². The maximum atomic E-state index is 12.1. The van der Waals surface area contributed by atoms with Crippen molar-refractivity contribution in [3.8, 4) is 0 Å². The molecule has 0 unspecified atom stereocenters. The smallest absolute Gasteiger partial charge is 0.336 e. The van der Waals surface area contributed by atoms with Crippen molar-refractivity contribution in [3.05, 3.63) is 52.1 Å². The van der Waals surface area contributed by atoms with E-state index in [2.05, 4.69) is 0 Å². The minimum absolute atomic E-state index is 0.356.